The van der Waals surface area contributed by atoms with E-state index in [2.05, 4.69) is 17.3 Å². The molecule has 1 aliphatic heterocycles. The molecule has 28 heavy (non-hydrogen) atoms. The molecule has 3 rings (SSSR count). The molecule has 0 spiro atoms. The number of piperazine rings is 1. The number of ether oxygens (including phenoxy) is 1. The Labute approximate surface area is 168 Å². The van der Waals surface area contributed by atoms with Gasteiger partial charge in [-0.15, -0.1) is 0 Å². The highest BCUT2D eigenvalue weighted by Gasteiger charge is 2.33. The summed E-state index contributed by atoms with van der Waals surface area (Å²) in [5.41, 5.74) is 0.789. The molecule has 0 aromatic heterocycles. The highest BCUT2D eigenvalue weighted by atomic mass is 16.5. The molecule has 154 valence electrons. The molecule has 1 aliphatic carbocycles. The molecule has 1 saturated carbocycles. The second kappa shape index (κ2) is 9.41. The molecule has 6 heteroatoms. The van der Waals surface area contributed by atoms with Crippen molar-refractivity contribution in [2.24, 2.45) is 11.8 Å². The normalized spacial score (nSPS) is 23.5. The van der Waals surface area contributed by atoms with Crippen molar-refractivity contribution in [2.45, 2.75) is 45.6 Å². The van der Waals surface area contributed by atoms with Gasteiger partial charge in [0.2, 0.25) is 11.8 Å². The van der Waals surface area contributed by atoms with Crippen LogP contribution in [0.2, 0.25) is 0 Å². The van der Waals surface area contributed by atoms with E-state index in [1.54, 1.807) is 0 Å². The van der Waals surface area contributed by atoms with Gasteiger partial charge in [0.1, 0.15) is 5.75 Å². The summed E-state index contributed by atoms with van der Waals surface area (Å²) in [6.07, 6.45) is 3.31. The Morgan fingerprint density at radius 2 is 1.54 bits per heavy atom. The van der Waals surface area contributed by atoms with Gasteiger partial charge in [-0.3, -0.25) is 9.59 Å². The summed E-state index contributed by atoms with van der Waals surface area (Å²) >= 11 is 0. The monoisotopic (exact) mass is 387 g/mol. The fourth-order valence-corrected chi connectivity index (χ4v) is 4.02. The average Bonchev–Trinajstić information content (AvgIpc) is 2.69. The third kappa shape index (κ3) is 5.47. The van der Waals surface area contributed by atoms with Gasteiger partial charge in [-0.05, 0) is 70.8 Å². The molecule has 1 aromatic carbocycles. The van der Waals surface area contributed by atoms with E-state index in [0.717, 1.165) is 63.3 Å². The van der Waals surface area contributed by atoms with E-state index in [-0.39, 0.29) is 29.8 Å². The molecule has 6 nitrogen and oxygen atoms in total. The second-order valence-corrected chi connectivity index (χ2v) is 8.36. The van der Waals surface area contributed by atoms with E-state index in [1.807, 2.05) is 43.0 Å². The Kier molecular flexibility index (Phi) is 6.94. The summed E-state index contributed by atoms with van der Waals surface area (Å²) in [7, 11) is 2.09. The first kappa shape index (κ1) is 20.6. The molecule has 1 saturated heterocycles. The summed E-state index contributed by atoms with van der Waals surface area (Å²) in [5, 5.41) is 3.01. The van der Waals surface area contributed by atoms with Gasteiger partial charge in [-0.1, -0.05) is 0 Å². The number of hydrogen-bond donors (Lipinski definition) is 1. The van der Waals surface area contributed by atoms with Crippen molar-refractivity contribution in [3.05, 3.63) is 24.3 Å². The van der Waals surface area contributed by atoms with Crippen LogP contribution < -0.4 is 10.1 Å². The maximum atomic E-state index is 12.7. The Hall–Kier alpha value is -2.08. The Morgan fingerprint density at radius 1 is 0.964 bits per heavy atom. The van der Waals surface area contributed by atoms with Crippen LogP contribution in [0.5, 0.6) is 5.75 Å². The molecule has 0 bridgehead atoms. The molecule has 0 radical (unpaired) electrons. The van der Waals surface area contributed by atoms with E-state index in [4.69, 9.17) is 4.74 Å². The lowest BCUT2D eigenvalue weighted by Crippen LogP contribution is -2.49. The van der Waals surface area contributed by atoms with Crippen LogP contribution in [0.3, 0.4) is 0 Å². The molecule has 0 unspecified atom stereocenters. The lowest BCUT2D eigenvalue weighted by atomic mass is 9.80. The zero-order valence-corrected chi connectivity index (χ0v) is 17.3. The van der Waals surface area contributed by atoms with E-state index in [9.17, 15) is 9.59 Å². The highest BCUT2D eigenvalue weighted by Crippen LogP contribution is 2.31. The molecule has 1 aromatic rings. The Bertz CT molecular complexity index is 658. The average molecular weight is 388 g/mol. The van der Waals surface area contributed by atoms with Crippen molar-refractivity contribution < 1.29 is 14.3 Å². The Morgan fingerprint density at radius 3 is 2.11 bits per heavy atom. The second-order valence-electron chi connectivity index (χ2n) is 8.36. The maximum absolute atomic E-state index is 12.7. The largest absolute Gasteiger partial charge is 0.491 e. The minimum atomic E-state index is -0.0110. The molecular weight excluding hydrogens is 354 g/mol. The number of carbonyl (C=O) groups is 2. The number of benzene rings is 1. The summed E-state index contributed by atoms with van der Waals surface area (Å²) in [4.78, 5) is 29.6. The van der Waals surface area contributed by atoms with Crippen molar-refractivity contribution in [1.29, 1.82) is 0 Å². The van der Waals surface area contributed by atoms with E-state index < -0.39 is 0 Å². The fourth-order valence-electron chi connectivity index (χ4n) is 4.02. The predicted molar refractivity (Wildman–Crippen MR) is 110 cm³/mol. The number of nitrogens with one attached hydrogen (secondary N) is 1. The first-order valence-corrected chi connectivity index (χ1v) is 10.5. The molecule has 2 amide bonds. The van der Waals surface area contributed by atoms with Crippen LogP contribution in [0.4, 0.5) is 5.69 Å². The quantitative estimate of drug-likeness (QED) is 0.844. The van der Waals surface area contributed by atoms with Crippen LogP contribution in [0.15, 0.2) is 24.3 Å². The summed E-state index contributed by atoms with van der Waals surface area (Å²) in [6, 6.07) is 7.50. The third-order valence-corrected chi connectivity index (χ3v) is 5.76. The van der Waals surface area contributed by atoms with Crippen molar-refractivity contribution in [3.8, 4) is 5.75 Å². The molecular formula is C22H33N3O3. The number of hydrogen-bond acceptors (Lipinski definition) is 4. The van der Waals surface area contributed by atoms with Crippen LogP contribution in [-0.2, 0) is 9.59 Å². The van der Waals surface area contributed by atoms with Crippen LogP contribution in [0.1, 0.15) is 39.5 Å². The zero-order chi connectivity index (χ0) is 20.1. The van der Waals surface area contributed by atoms with Gasteiger partial charge >= 0.3 is 0 Å². The topological polar surface area (TPSA) is 61.9 Å². The fraction of sp³-hybridized carbons (Fsp3) is 0.636. The number of rotatable bonds is 5. The molecule has 2 fully saturated rings. The van der Waals surface area contributed by atoms with Gasteiger partial charge in [0, 0.05) is 43.7 Å². The minimum absolute atomic E-state index is 0.0110. The van der Waals surface area contributed by atoms with Gasteiger partial charge in [0.25, 0.3) is 0 Å². The van der Waals surface area contributed by atoms with Gasteiger partial charge < -0.3 is 19.9 Å². The summed E-state index contributed by atoms with van der Waals surface area (Å²) in [5.74, 6) is 1.22. The molecule has 0 atom stereocenters. The molecule has 1 heterocycles. The minimum Gasteiger partial charge on any atom is -0.491 e. The zero-order valence-electron chi connectivity index (χ0n) is 17.3. The number of likely N-dealkylation sites (N-methyl/N-ethyl adjacent to an activating group) is 1. The van der Waals surface area contributed by atoms with Gasteiger partial charge in [-0.25, -0.2) is 0 Å². The Balaban J connectivity index is 1.45. The lowest BCUT2D eigenvalue weighted by molar-refractivity contribution is -0.139. The lowest BCUT2D eigenvalue weighted by Gasteiger charge is -2.36. The van der Waals surface area contributed by atoms with Crippen molar-refractivity contribution in [2.75, 3.05) is 38.5 Å². The molecule has 1 N–H and O–H groups in total. The number of anilines is 1. The van der Waals surface area contributed by atoms with Crippen LogP contribution in [-0.4, -0.2) is 60.9 Å². The van der Waals surface area contributed by atoms with E-state index >= 15 is 0 Å². The first-order valence-electron chi connectivity index (χ1n) is 10.5. The predicted octanol–water partition coefficient (Wildman–Crippen LogP) is 2.99. The van der Waals surface area contributed by atoms with Gasteiger partial charge in [-0.2, -0.15) is 0 Å². The summed E-state index contributed by atoms with van der Waals surface area (Å²) in [6.45, 7) is 7.52. The number of nitrogens with zero attached hydrogens (tertiary/aromatic N) is 2. The van der Waals surface area contributed by atoms with Crippen molar-refractivity contribution >= 4 is 17.5 Å². The standard InChI is InChI=1S/C22H33N3O3/c1-16(2)28-20-10-8-19(9-11-20)23-21(26)17-4-6-18(7-5-17)22(27)25-14-12-24(3)13-15-25/h8-11,16-18H,4-7,12-15H2,1-3H3,(H,23,26). The highest BCUT2D eigenvalue weighted by molar-refractivity contribution is 5.92. The maximum Gasteiger partial charge on any atom is 0.227 e. The SMILES string of the molecule is CC(C)Oc1ccc(NC(=O)C2CCC(C(=O)N3CCN(C)CC3)CC2)cc1. The van der Waals surface area contributed by atoms with E-state index in [0.29, 0.717) is 0 Å². The van der Waals surface area contributed by atoms with Crippen LogP contribution >= 0.6 is 0 Å². The van der Waals surface area contributed by atoms with Gasteiger partial charge in [0.15, 0.2) is 0 Å². The van der Waals surface area contributed by atoms with E-state index in [1.165, 1.54) is 0 Å². The van der Waals surface area contributed by atoms with Crippen LogP contribution in [0.25, 0.3) is 0 Å². The van der Waals surface area contributed by atoms with Crippen molar-refractivity contribution in [3.63, 3.8) is 0 Å². The number of amides is 2. The first-order chi connectivity index (χ1) is 13.4. The van der Waals surface area contributed by atoms with Crippen molar-refractivity contribution in [1.82, 2.24) is 9.80 Å². The smallest absolute Gasteiger partial charge is 0.227 e. The van der Waals surface area contributed by atoms with Crippen LogP contribution in [0, 0.1) is 11.8 Å². The van der Waals surface area contributed by atoms with Gasteiger partial charge in [0.05, 0.1) is 6.10 Å². The third-order valence-electron chi connectivity index (χ3n) is 5.76. The molecule has 2 aliphatic rings. The summed E-state index contributed by atoms with van der Waals surface area (Å²) < 4.78 is 5.63. The number of carbonyl (C=O) groups excluding carboxylic acids is 2.